The minimum atomic E-state index is 0.422. The SMILES string of the molecule is Cc1ccc(C)c([C@@H](CC(=O)C[C@H](c2cc(C)ccc2C)C2CC2)C2CC2)c1. The molecule has 0 amide bonds. The van der Waals surface area contributed by atoms with E-state index >= 15 is 0 Å². The Morgan fingerprint density at radius 1 is 0.750 bits per heavy atom. The number of Topliss-reactive ketones (excluding diaryl/α,β-unsaturated/α-hetero) is 1. The van der Waals surface area contributed by atoms with Crippen LogP contribution in [0.5, 0.6) is 0 Å². The molecule has 28 heavy (non-hydrogen) atoms. The van der Waals surface area contributed by atoms with Crippen LogP contribution in [0.25, 0.3) is 0 Å². The minimum Gasteiger partial charge on any atom is -0.300 e. The second-order valence-corrected chi connectivity index (χ2v) is 9.55. The molecule has 1 nitrogen and oxygen atoms in total. The van der Waals surface area contributed by atoms with E-state index < -0.39 is 0 Å². The molecule has 0 bridgehead atoms. The summed E-state index contributed by atoms with van der Waals surface area (Å²) in [5.41, 5.74) is 8.16. The van der Waals surface area contributed by atoms with Gasteiger partial charge in [0.15, 0.2) is 0 Å². The standard InChI is InChI=1S/C27H34O/c1-17-5-7-19(3)24(13-17)26(21-9-10-21)15-23(28)16-27(22-11-12-22)25-14-18(2)6-8-20(25)4/h5-8,13-14,21-22,26-27H,9-12,15-16H2,1-4H3/t26-,27-/m0/s1. The Morgan fingerprint density at radius 2 is 1.14 bits per heavy atom. The van der Waals surface area contributed by atoms with E-state index in [4.69, 9.17) is 0 Å². The third-order valence-electron chi connectivity index (χ3n) is 6.95. The van der Waals surface area contributed by atoms with Gasteiger partial charge in [-0.1, -0.05) is 47.5 Å². The molecular weight excluding hydrogens is 340 g/mol. The molecule has 1 heteroatoms. The molecule has 0 N–H and O–H groups in total. The fraction of sp³-hybridized carbons (Fsp3) is 0.519. The van der Waals surface area contributed by atoms with Crippen molar-refractivity contribution in [3.05, 3.63) is 69.8 Å². The predicted octanol–water partition coefficient (Wildman–Crippen LogP) is 6.96. The average Bonchev–Trinajstić information content (AvgIpc) is 3.55. The number of carbonyl (C=O) groups is 1. The Kier molecular flexibility index (Phi) is 5.45. The lowest BCUT2D eigenvalue weighted by Gasteiger charge is -2.23. The van der Waals surface area contributed by atoms with Crippen molar-refractivity contribution in [2.75, 3.05) is 0 Å². The molecule has 2 aromatic rings. The highest BCUT2D eigenvalue weighted by Crippen LogP contribution is 2.48. The van der Waals surface area contributed by atoms with Crippen molar-refractivity contribution in [1.82, 2.24) is 0 Å². The van der Waals surface area contributed by atoms with Gasteiger partial charge in [-0.3, -0.25) is 4.79 Å². The Hall–Kier alpha value is -1.89. The summed E-state index contributed by atoms with van der Waals surface area (Å²) >= 11 is 0. The number of aryl methyl sites for hydroxylation is 4. The van der Waals surface area contributed by atoms with Gasteiger partial charge in [0.2, 0.25) is 0 Å². The summed E-state index contributed by atoms with van der Waals surface area (Å²) in [6, 6.07) is 13.5. The molecule has 0 unspecified atom stereocenters. The number of hydrogen-bond donors (Lipinski definition) is 0. The van der Waals surface area contributed by atoms with Gasteiger partial charge in [-0.15, -0.1) is 0 Å². The zero-order valence-corrected chi connectivity index (χ0v) is 17.9. The van der Waals surface area contributed by atoms with Crippen LogP contribution in [0.2, 0.25) is 0 Å². The first-order chi connectivity index (χ1) is 13.4. The minimum absolute atomic E-state index is 0.422. The third kappa shape index (κ3) is 4.40. The van der Waals surface area contributed by atoms with E-state index in [0.717, 1.165) is 12.8 Å². The van der Waals surface area contributed by atoms with Crippen LogP contribution in [-0.2, 0) is 4.79 Å². The highest BCUT2D eigenvalue weighted by Gasteiger charge is 2.37. The van der Waals surface area contributed by atoms with Crippen molar-refractivity contribution in [3.8, 4) is 0 Å². The Labute approximate surface area is 170 Å². The summed E-state index contributed by atoms with van der Waals surface area (Å²) in [4.78, 5) is 13.3. The van der Waals surface area contributed by atoms with E-state index in [1.807, 2.05) is 0 Å². The monoisotopic (exact) mass is 374 g/mol. The maximum absolute atomic E-state index is 13.3. The highest BCUT2D eigenvalue weighted by molar-refractivity contribution is 5.80. The van der Waals surface area contributed by atoms with Crippen LogP contribution in [0.15, 0.2) is 36.4 Å². The van der Waals surface area contributed by atoms with Crippen molar-refractivity contribution in [2.45, 2.75) is 78.1 Å². The molecule has 0 radical (unpaired) electrons. The number of rotatable bonds is 8. The number of carbonyl (C=O) groups excluding carboxylic acids is 1. The molecule has 0 heterocycles. The summed E-state index contributed by atoms with van der Waals surface area (Å²) in [5, 5.41) is 0. The average molecular weight is 375 g/mol. The van der Waals surface area contributed by atoms with Crippen LogP contribution >= 0.6 is 0 Å². The van der Waals surface area contributed by atoms with Gasteiger partial charge in [-0.25, -0.2) is 0 Å². The first-order valence-electron chi connectivity index (χ1n) is 11.1. The lowest BCUT2D eigenvalue weighted by Crippen LogP contribution is -2.15. The summed E-state index contributed by atoms with van der Waals surface area (Å²) < 4.78 is 0. The molecule has 2 aliphatic carbocycles. The van der Waals surface area contributed by atoms with Gasteiger partial charge in [-0.2, -0.15) is 0 Å². The quantitative estimate of drug-likeness (QED) is 0.488. The van der Waals surface area contributed by atoms with E-state index in [1.165, 1.54) is 59.1 Å². The zero-order chi connectivity index (χ0) is 19.8. The van der Waals surface area contributed by atoms with Crippen LogP contribution in [-0.4, -0.2) is 5.78 Å². The highest BCUT2D eigenvalue weighted by atomic mass is 16.1. The van der Waals surface area contributed by atoms with Crippen LogP contribution in [0.3, 0.4) is 0 Å². The van der Waals surface area contributed by atoms with Gasteiger partial charge in [-0.05, 0) is 99.3 Å². The molecule has 2 aliphatic rings. The summed E-state index contributed by atoms with van der Waals surface area (Å²) in [7, 11) is 0. The van der Waals surface area contributed by atoms with Crippen molar-refractivity contribution in [2.24, 2.45) is 11.8 Å². The summed E-state index contributed by atoms with van der Waals surface area (Å²) in [5.74, 6) is 2.74. The lowest BCUT2D eigenvalue weighted by atomic mass is 9.81. The molecule has 0 spiro atoms. The van der Waals surface area contributed by atoms with Crippen LogP contribution < -0.4 is 0 Å². The number of ketones is 1. The second-order valence-electron chi connectivity index (χ2n) is 9.55. The molecule has 2 saturated carbocycles. The van der Waals surface area contributed by atoms with E-state index in [0.29, 0.717) is 29.5 Å². The molecular formula is C27H34O. The fourth-order valence-electron chi connectivity index (χ4n) is 4.95. The van der Waals surface area contributed by atoms with Crippen LogP contribution in [0, 0.1) is 39.5 Å². The van der Waals surface area contributed by atoms with Gasteiger partial charge < -0.3 is 0 Å². The van der Waals surface area contributed by atoms with Gasteiger partial charge in [0.1, 0.15) is 5.78 Å². The molecule has 148 valence electrons. The van der Waals surface area contributed by atoms with Gasteiger partial charge in [0, 0.05) is 12.8 Å². The van der Waals surface area contributed by atoms with Crippen LogP contribution in [0.4, 0.5) is 0 Å². The third-order valence-corrected chi connectivity index (χ3v) is 6.95. The second kappa shape index (κ2) is 7.85. The first kappa shape index (κ1) is 19.4. The fourth-order valence-corrected chi connectivity index (χ4v) is 4.95. The van der Waals surface area contributed by atoms with Crippen molar-refractivity contribution < 1.29 is 4.79 Å². The molecule has 2 aromatic carbocycles. The maximum Gasteiger partial charge on any atom is 0.134 e. The largest absolute Gasteiger partial charge is 0.300 e. The summed E-state index contributed by atoms with van der Waals surface area (Å²) in [6.07, 6.45) is 6.59. The van der Waals surface area contributed by atoms with E-state index in [1.54, 1.807) is 0 Å². The van der Waals surface area contributed by atoms with Crippen molar-refractivity contribution in [3.63, 3.8) is 0 Å². The Bertz CT molecular complexity index is 798. The van der Waals surface area contributed by atoms with Gasteiger partial charge in [0.25, 0.3) is 0 Å². The van der Waals surface area contributed by atoms with E-state index in [9.17, 15) is 4.79 Å². The van der Waals surface area contributed by atoms with Crippen molar-refractivity contribution in [1.29, 1.82) is 0 Å². The molecule has 2 atom stereocenters. The van der Waals surface area contributed by atoms with Gasteiger partial charge in [0.05, 0.1) is 0 Å². The Morgan fingerprint density at radius 3 is 1.50 bits per heavy atom. The predicted molar refractivity (Wildman–Crippen MR) is 117 cm³/mol. The number of benzene rings is 2. The van der Waals surface area contributed by atoms with E-state index in [-0.39, 0.29) is 0 Å². The molecule has 0 aliphatic heterocycles. The molecule has 0 saturated heterocycles. The first-order valence-corrected chi connectivity index (χ1v) is 11.1. The van der Waals surface area contributed by atoms with Gasteiger partial charge >= 0.3 is 0 Å². The molecule has 0 aromatic heterocycles. The zero-order valence-electron chi connectivity index (χ0n) is 17.9. The Balaban J connectivity index is 1.53. The molecule has 4 rings (SSSR count). The summed E-state index contributed by atoms with van der Waals surface area (Å²) in [6.45, 7) is 8.74. The van der Waals surface area contributed by atoms with Crippen molar-refractivity contribution >= 4 is 5.78 Å². The maximum atomic E-state index is 13.3. The lowest BCUT2D eigenvalue weighted by molar-refractivity contribution is -0.120. The topological polar surface area (TPSA) is 17.1 Å². The van der Waals surface area contributed by atoms with E-state index in [2.05, 4.69) is 64.1 Å². The smallest absolute Gasteiger partial charge is 0.134 e. The normalized spacial score (nSPS) is 18.7. The number of hydrogen-bond acceptors (Lipinski definition) is 1. The molecule has 2 fully saturated rings. The van der Waals surface area contributed by atoms with Crippen LogP contribution in [0.1, 0.15) is 83.7 Å².